The molecule has 20 heavy (non-hydrogen) atoms. The number of hydrogen-bond donors (Lipinski definition) is 2. The molecule has 1 amide bonds. The summed E-state index contributed by atoms with van der Waals surface area (Å²) < 4.78 is 0. The smallest absolute Gasteiger partial charge is 0.242 e. The van der Waals surface area contributed by atoms with Gasteiger partial charge in [-0.3, -0.25) is 4.79 Å². The average Bonchev–Trinajstić information content (AvgIpc) is 2.72. The number of carbonyl (C=O) groups is 1. The first-order valence-electron chi connectivity index (χ1n) is 6.54. The van der Waals surface area contributed by atoms with Gasteiger partial charge in [0, 0.05) is 11.3 Å². The molecule has 0 aliphatic carbocycles. The molecule has 0 saturated carbocycles. The first-order chi connectivity index (χ1) is 9.45. The second-order valence-corrected chi connectivity index (χ2v) is 6.05. The number of anilines is 1. The molecule has 0 aliphatic rings. The minimum absolute atomic E-state index is 0.208. The van der Waals surface area contributed by atoms with Gasteiger partial charge in [-0.25, -0.2) is 4.98 Å². The highest BCUT2D eigenvalue weighted by Gasteiger charge is 2.13. The number of thiazole rings is 1. The Morgan fingerprint density at radius 1 is 1.35 bits per heavy atom. The second kappa shape index (κ2) is 6.15. The van der Waals surface area contributed by atoms with E-state index >= 15 is 0 Å². The summed E-state index contributed by atoms with van der Waals surface area (Å²) in [6.45, 7) is 5.69. The highest BCUT2D eigenvalue weighted by atomic mass is 32.1. The minimum atomic E-state index is -0.528. The molecule has 2 aromatic rings. The number of benzene rings is 1. The zero-order chi connectivity index (χ0) is 14.7. The van der Waals surface area contributed by atoms with E-state index < -0.39 is 6.04 Å². The van der Waals surface area contributed by atoms with Crippen LogP contribution in [0.5, 0.6) is 0 Å². The van der Waals surface area contributed by atoms with E-state index in [4.69, 9.17) is 5.73 Å². The second-order valence-electron chi connectivity index (χ2n) is 4.97. The van der Waals surface area contributed by atoms with Gasteiger partial charge in [-0.2, -0.15) is 0 Å². The quantitative estimate of drug-likeness (QED) is 0.909. The highest BCUT2D eigenvalue weighted by molar-refractivity contribution is 7.15. The van der Waals surface area contributed by atoms with Crippen molar-refractivity contribution in [1.29, 1.82) is 0 Å². The number of aromatic nitrogens is 1. The van der Waals surface area contributed by atoms with Crippen LogP contribution in [0.25, 0.3) is 0 Å². The predicted octanol–water partition coefficient (Wildman–Crippen LogP) is 2.64. The number of nitrogens with zero attached hydrogens (tertiary/aromatic N) is 1. The molecule has 0 aliphatic heterocycles. The van der Waals surface area contributed by atoms with Gasteiger partial charge < -0.3 is 11.1 Å². The molecule has 2 rings (SSSR count). The van der Waals surface area contributed by atoms with E-state index in [0.29, 0.717) is 5.13 Å². The molecule has 1 aromatic carbocycles. The van der Waals surface area contributed by atoms with Crippen LogP contribution >= 0.6 is 11.3 Å². The van der Waals surface area contributed by atoms with Crippen LogP contribution in [-0.2, 0) is 11.2 Å². The normalized spacial score (nSPS) is 12.2. The third-order valence-electron chi connectivity index (χ3n) is 3.02. The van der Waals surface area contributed by atoms with Crippen molar-refractivity contribution < 1.29 is 4.79 Å². The van der Waals surface area contributed by atoms with E-state index in [1.807, 2.05) is 6.92 Å². The summed E-state index contributed by atoms with van der Waals surface area (Å²) in [5.74, 6) is -0.208. The molecule has 3 N–H and O–H groups in total. The number of carbonyl (C=O) groups excluding carboxylic acids is 1. The molecular formula is C15H19N3OS. The number of amides is 1. The van der Waals surface area contributed by atoms with Gasteiger partial charge in [-0.05, 0) is 26.3 Å². The van der Waals surface area contributed by atoms with Crippen LogP contribution in [0.3, 0.4) is 0 Å². The number of nitrogens with two attached hydrogens (primary N) is 1. The molecule has 1 heterocycles. The molecule has 0 saturated heterocycles. The Morgan fingerprint density at radius 3 is 2.60 bits per heavy atom. The lowest BCUT2D eigenvalue weighted by molar-refractivity contribution is -0.117. The monoisotopic (exact) mass is 289 g/mol. The van der Waals surface area contributed by atoms with Gasteiger partial charge in [0.2, 0.25) is 5.91 Å². The molecule has 1 aromatic heterocycles. The van der Waals surface area contributed by atoms with Gasteiger partial charge in [-0.15, -0.1) is 11.3 Å². The van der Waals surface area contributed by atoms with E-state index in [9.17, 15) is 4.79 Å². The van der Waals surface area contributed by atoms with Gasteiger partial charge in [0.25, 0.3) is 0 Å². The fourth-order valence-electron chi connectivity index (χ4n) is 1.76. The first-order valence-corrected chi connectivity index (χ1v) is 7.35. The van der Waals surface area contributed by atoms with E-state index in [-0.39, 0.29) is 5.91 Å². The number of hydrogen-bond acceptors (Lipinski definition) is 4. The molecule has 4 nitrogen and oxygen atoms in total. The summed E-state index contributed by atoms with van der Waals surface area (Å²) in [5, 5.41) is 3.36. The molecule has 0 radical (unpaired) electrons. The molecular weight excluding hydrogens is 270 g/mol. The Balaban J connectivity index is 2.11. The third-order valence-corrected chi connectivity index (χ3v) is 4.09. The van der Waals surface area contributed by atoms with E-state index in [1.54, 1.807) is 6.92 Å². The summed E-state index contributed by atoms with van der Waals surface area (Å²) in [4.78, 5) is 17.1. The van der Waals surface area contributed by atoms with Gasteiger partial charge >= 0.3 is 0 Å². The molecule has 0 bridgehead atoms. The van der Waals surface area contributed by atoms with Gasteiger partial charge in [0.15, 0.2) is 5.13 Å². The average molecular weight is 289 g/mol. The maximum Gasteiger partial charge on any atom is 0.242 e. The summed E-state index contributed by atoms with van der Waals surface area (Å²) in [7, 11) is 0. The van der Waals surface area contributed by atoms with Crippen molar-refractivity contribution in [2.75, 3.05) is 5.32 Å². The molecule has 106 valence electrons. The Labute approximate surface area is 123 Å². The van der Waals surface area contributed by atoms with Crippen molar-refractivity contribution in [2.45, 2.75) is 33.2 Å². The Morgan fingerprint density at radius 2 is 2.00 bits per heavy atom. The number of aryl methyl sites for hydroxylation is 2. The highest BCUT2D eigenvalue weighted by Crippen LogP contribution is 2.25. The summed E-state index contributed by atoms with van der Waals surface area (Å²) in [6.07, 6.45) is 0.831. The zero-order valence-electron chi connectivity index (χ0n) is 11.9. The predicted molar refractivity (Wildman–Crippen MR) is 83.1 cm³/mol. The van der Waals surface area contributed by atoms with Crippen LogP contribution in [0.1, 0.15) is 28.6 Å². The van der Waals surface area contributed by atoms with Crippen molar-refractivity contribution in [3.05, 3.63) is 46.0 Å². The lowest BCUT2D eigenvalue weighted by Gasteiger charge is -2.03. The van der Waals surface area contributed by atoms with Crippen LogP contribution in [0, 0.1) is 13.8 Å². The fraction of sp³-hybridized carbons (Fsp3) is 0.333. The Hall–Kier alpha value is -1.72. The molecule has 0 unspecified atom stereocenters. The van der Waals surface area contributed by atoms with Crippen molar-refractivity contribution >= 4 is 22.4 Å². The summed E-state index contributed by atoms with van der Waals surface area (Å²) in [5.41, 5.74) is 8.98. The standard InChI is InChI=1S/C15H19N3OS/c1-9-4-6-12(7-5-9)8-13-11(3)17-15(20-13)18-14(19)10(2)16/h4-7,10H,8,16H2,1-3H3,(H,17,18,19)/t10-/m0/s1. The van der Waals surface area contributed by atoms with Crippen LogP contribution < -0.4 is 11.1 Å². The first kappa shape index (κ1) is 14.7. The maximum absolute atomic E-state index is 11.6. The van der Waals surface area contributed by atoms with Crippen LogP contribution in [0.2, 0.25) is 0 Å². The Bertz CT molecular complexity index is 602. The third kappa shape index (κ3) is 3.65. The van der Waals surface area contributed by atoms with Crippen LogP contribution in [-0.4, -0.2) is 16.9 Å². The van der Waals surface area contributed by atoms with Gasteiger partial charge in [0.1, 0.15) is 0 Å². The fourth-order valence-corrected chi connectivity index (χ4v) is 2.76. The van der Waals surface area contributed by atoms with Crippen molar-refractivity contribution in [3.63, 3.8) is 0 Å². The number of rotatable bonds is 4. The van der Waals surface area contributed by atoms with Gasteiger partial charge in [0.05, 0.1) is 11.7 Å². The van der Waals surface area contributed by atoms with Crippen LogP contribution in [0.4, 0.5) is 5.13 Å². The van der Waals surface area contributed by atoms with Crippen LogP contribution in [0.15, 0.2) is 24.3 Å². The van der Waals surface area contributed by atoms with E-state index in [0.717, 1.165) is 17.0 Å². The minimum Gasteiger partial charge on any atom is -0.320 e. The van der Waals surface area contributed by atoms with E-state index in [2.05, 4.69) is 41.5 Å². The topological polar surface area (TPSA) is 68.0 Å². The molecule has 1 atom stereocenters. The van der Waals surface area contributed by atoms with Crippen molar-refractivity contribution in [2.24, 2.45) is 5.73 Å². The van der Waals surface area contributed by atoms with Gasteiger partial charge in [-0.1, -0.05) is 29.8 Å². The Kier molecular flexibility index (Phi) is 4.52. The molecule has 0 spiro atoms. The summed E-state index contributed by atoms with van der Waals surface area (Å²) >= 11 is 1.51. The lowest BCUT2D eigenvalue weighted by Crippen LogP contribution is -2.32. The molecule has 0 fully saturated rings. The van der Waals surface area contributed by atoms with E-state index in [1.165, 1.54) is 22.5 Å². The SMILES string of the molecule is Cc1ccc(Cc2sc(NC(=O)[C@H](C)N)nc2C)cc1. The molecule has 5 heteroatoms. The maximum atomic E-state index is 11.6. The summed E-state index contributed by atoms with van der Waals surface area (Å²) in [6, 6.07) is 7.91. The zero-order valence-corrected chi connectivity index (χ0v) is 12.8. The number of nitrogens with one attached hydrogen (secondary N) is 1. The largest absolute Gasteiger partial charge is 0.320 e. The van der Waals surface area contributed by atoms with Crippen molar-refractivity contribution in [3.8, 4) is 0 Å². The lowest BCUT2D eigenvalue weighted by atomic mass is 10.1. The van der Waals surface area contributed by atoms with Crippen molar-refractivity contribution in [1.82, 2.24) is 4.98 Å².